The van der Waals surface area contributed by atoms with Gasteiger partial charge in [0.05, 0.1) is 5.52 Å². The molecule has 5 nitrogen and oxygen atoms in total. The number of halogens is 1. The Balaban J connectivity index is 1.91. The maximum absolute atomic E-state index is 8.78. The molecule has 0 radical (unpaired) electrons. The Morgan fingerprint density at radius 3 is 2.86 bits per heavy atom. The number of aryl methyl sites for hydroxylation is 1. The van der Waals surface area contributed by atoms with E-state index in [1.165, 1.54) is 0 Å². The summed E-state index contributed by atoms with van der Waals surface area (Å²) in [5.41, 5.74) is 1.56. The SMILES string of the molecule is OCCCCc1nc(-c2nc3ccccc3cc2Br)no1. The highest BCUT2D eigenvalue weighted by Crippen LogP contribution is 2.28. The van der Waals surface area contributed by atoms with Gasteiger partial charge in [0.15, 0.2) is 0 Å². The summed E-state index contributed by atoms with van der Waals surface area (Å²) in [7, 11) is 0. The fraction of sp³-hybridized carbons (Fsp3) is 0.267. The average Bonchev–Trinajstić information content (AvgIpc) is 2.95. The van der Waals surface area contributed by atoms with Crippen molar-refractivity contribution < 1.29 is 9.63 Å². The molecule has 1 N–H and O–H groups in total. The van der Waals surface area contributed by atoms with Crippen molar-refractivity contribution in [2.45, 2.75) is 19.3 Å². The molecule has 3 aromatic rings. The molecule has 0 amide bonds. The molecule has 0 spiro atoms. The Hall–Kier alpha value is -1.79. The second-order valence-electron chi connectivity index (χ2n) is 4.70. The molecule has 0 unspecified atom stereocenters. The highest BCUT2D eigenvalue weighted by atomic mass is 79.9. The molecular formula is C15H14BrN3O2. The minimum atomic E-state index is 0.179. The summed E-state index contributed by atoms with van der Waals surface area (Å²) < 4.78 is 6.07. The van der Waals surface area contributed by atoms with Gasteiger partial charge >= 0.3 is 0 Å². The van der Waals surface area contributed by atoms with E-state index in [1.807, 2.05) is 30.3 Å². The van der Waals surface area contributed by atoms with Crippen LogP contribution in [0, 0.1) is 0 Å². The molecule has 0 aliphatic heterocycles. The normalized spacial score (nSPS) is 11.1. The van der Waals surface area contributed by atoms with Crippen molar-refractivity contribution in [3.63, 3.8) is 0 Å². The van der Waals surface area contributed by atoms with Crippen molar-refractivity contribution in [2.24, 2.45) is 0 Å². The number of nitrogens with zero attached hydrogens (tertiary/aromatic N) is 3. The van der Waals surface area contributed by atoms with Crippen molar-refractivity contribution in [2.75, 3.05) is 6.61 Å². The van der Waals surface area contributed by atoms with Crippen LogP contribution < -0.4 is 0 Å². The zero-order chi connectivity index (χ0) is 14.7. The predicted octanol–water partition coefficient (Wildman–Crippen LogP) is 3.36. The number of hydrogen-bond donors (Lipinski definition) is 1. The Labute approximate surface area is 130 Å². The summed E-state index contributed by atoms with van der Waals surface area (Å²) in [5, 5.41) is 13.8. The van der Waals surface area contributed by atoms with E-state index in [-0.39, 0.29) is 6.61 Å². The van der Waals surface area contributed by atoms with Gasteiger partial charge < -0.3 is 9.63 Å². The quantitative estimate of drug-likeness (QED) is 0.716. The zero-order valence-electron chi connectivity index (χ0n) is 11.3. The maximum atomic E-state index is 8.78. The monoisotopic (exact) mass is 347 g/mol. The Kier molecular flexibility index (Phi) is 4.26. The average molecular weight is 348 g/mol. The van der Waals surface area contributed by atoms with Crippen molar-refractivity contribution in [1.29, 1.82) is 0 Å². The first kappa shape index (κ1) is 14.2. The lowest BCUT2D eigenvalue weighted by Crippen LogP contribution is -1.91. The van der Waals surface area contributed by atoms with Crippen molar-refractivity contribution in [3.8, 4) is 11.5 Å². The lowest BCUT2D eigenvalue weighted by atomic mass is 10.2. The summed E-state index contributed by atoms with van der Waals surface area (Å²) in [6.07, 6.45) is 2.22. The second-order valence-corrected chi connectivity index (χ2v) is 5.56. The molecule has 0 atom stereocenters. The van der Waals surface area contributed by atoms with E-state index in [0.29, 0.717) is 23.8 Å². The highest BCUT2D eigenvalue weighted by Gasteiger charge is 2.14. The fourth-order valence-electron chi connectivity index (χ4n) is 2.09. The zero-order valence-corrected chi connectivity index (χ0v) is 12.9. The summed E-state index contributed by atoms with van der Waals surface area (Å²) in [4.78, 5) is 8.95. The first-order valence-corrected chi connectivity index (χ1v) is 7.56. The van der Waals surface area contributed by atoms with Crippen LogP contribution in [-0.4, -0.2) is 26.8 Å². The topological polar surface area (TPSA) is 72.0 Å². The van der Waals surface area contributed by atoms with E-state index < -0.39 is 0 Å². The molecule has 0 saturated carbocycles. The third kappa shape index (κ3) is 3.11. The van der Waals surface area contributed by atoms with Crippen LogP contribution in [0.5, 0.6) is 0 Å². The van der Waals surface area contributed by atoms with Crippen LogP contribution >= 0.6 is 15.9 Å². The van der Waals surface area contributed by atoms with Gasteiger partial charge in [-0.05, 0) is 40.9 Å². The molecule has 2 aromatic heterocycles. The van der Waals surface area contributed by atoms with Crippen LogP contribution in [0.15, 0.2) is 39.3 Å². The number of aliphatic hydroxyl groups is 1. The third-order valence-corrected chi connectivity index (χ3v) is 3.76. The summed E-state index contributed by atoms with van der Waals surface area (Å²) in [5.74, 6) is 1.05. The van der Waals surface area contributed by atoms with E-state index in [2.05, 4.69) is 31.1 Å². The van der Waals surface area contributed by atoms with Gasteiger partial charge in [0, 0.05) is 22.9 Å². The molecule has 108 valence electrons. The summed E-state index contributed by atoms with van der Waals surface area (Å²) in [6.45, 7) is 0.179. The number of hydrogen-bond acceptors (Lipinski definition) is 5. The number of para-hydroxylation sites is 1. The van der Waals surface area contributed by atoms with Gasteiger partial charge in [0.1, 0.15) is 5.69 Å². The largest absolute Gasteiger partial charge is 0.396 e. The van der Waals surface area contributed by atoms with Gasteiger partial charge in [0.25, 0.3) is 0 Å². The number of benzene rings is 1. The van der Waals surface area contributed by atoms with Crippen LogP contribution in [0.1, 0.15) is 18.7 Å². The molecule has 0 aliphatic carbocycles. The van der Waals surface area contributed by atoms with Gasteiger partial charge in [0.2, 0.25) is 11.7 Å². The van der Waals surface area contributed by atoms with Crippen LogP contribution in [0.2, 0.25) is 0 Å². The summed E-state index contributed by atoms with van der Waals surface area (Å²) >= 11 is 3.51. The highest BCUT2D eigenvalue weighted by molar-refractivity contribution is 9.10. The Morgan fingerprint density at radius 1 is 1.14 bits per heavy atom. The molecule has 6 heteroatoms. The van der Waals surface area contributed by atoms with Crippen LogP contribution in [0.25, 0.3) is 22.4 Å². The summed E-state index contributed by atoms with van der Waals surface area (Å²) in [6, 6.07) is 9.88. The number of fused-ring (bicyclic) bond motifs is 1. The maximum Gasteiger partial charge on any atom is 0.227 e. The van der Waals surface area contributed by atoms with E-state index in [0.717, 1.165) is 28.2 Å². The van der Waals surface area contributed by atoms with Crippen molar-refractivity contribution >= 4 is 26.8 Å². The minimum absolute atomic E-state index is 0.179. The predicted molar refractivity (Wildman–Crippen MR) is 82.8 cm³/mol. The molecule has 0 saturated heterocycles. The van der Waals surface area contributed by atoms with Gasteiger partial charge in [-0.1, -0.05) is 23.4 Å². The lowest BCUT2D eigenvalue weighted by molar-refractivity contribution is 0.281. The van der Waals surface area contributed by atoms with E-state index >= 15 is 0 Å². The minimum Gasteiger partial charge on any atom is -0.396 e. The standard InChI is InChI=1S/C15H14BrN3O2/c16-11-9-10-5-1-2-6-12(10)17-14(11)15-18-13(21-19-15)7-3-4-8-20/h1-2,5-6,9,20H,3-4,7-8H2. The van der Waals surface area contributed by atoms with E-state index in [4.69, 9.17) is 9.63 Å². The molecule has 21 heavy (non-hydrogen) atoms. The molecule has 0 aliphatic rings. The van der Waals surface area contributed by atoms with Crippen molar-refractivity contribution in [3.05, 3.63) is 40.7 Å². The van der Waals surface area contributed by atoms with E-state index in [9.17, 15) is 0 Å². The first-order valence-electron chi connectivity index (χ1n) is 6.77. The van der Waals surface area contributed by atoms with Gasteiger partial charge in [-0.3, -0.25) is 0 Å². The van der Waals surface area contributed by atoms with E-state index in [1.54, 1.807) is 0 Å². The lowest BCUT2D eigenvalue weighted by Gasteiger charge is -2.02. The van der Waals surface area contributed by atoms with Crippen LogP contribution in [0.4, 0.5) is 0 Å². The van der Waals surface area contributed by atoms with Crippen LogP contribution in [0.3, 0.4) is 0 Å². The van der Waals surface area contributed by atoms with Gasteiger partial charge in [-0.25, -0.2) is 4.98 Å². The molecule has 3 rings (SSSR count). The van der Waals surface area contributed by atoms with Gasteiger partial charge in [-0.15, -0.1) is 0 Å². The van der Waals surface area contributed by atoms with Crippen molar-refractivity contribution in [1.82, 2.24) is 15.1 Å². The Morgan fingerprint density at radius 2 is 2.00 bits per heavy atom. The molecule has 0 bridgehead atoms. The third-order valence-electron chi connectivity index (χ3n) is 3.16. The molecule has 0 fully saturated rings. The number of unbranched alkanes of at least 4 members (excludes halogenated alkanes) is 1. The van der Waals surface area contributed by atoms with Gasteiger partial charge in [-0.2, -0.15) is 4.98 Å². The second kappa shape index (κ2) is 6.32. The number of aliphatic hydroxyl groups excluding tert-OH is 1. The number of aromatic nitrogens is 3. The first-order chi connectivity index (χ1) is 10.3. The molecule has 2 heterocycles. The van der Waals surface area contributed by atoms with Crippen LogP contribution in [-0.2, 0) is 6.42 Å². The molecule has 1 aromatic carbocycles. The fourth-order valence-corrected chi connectivity index (χ4v) is 2.60. The Bertz CT molecular complexity index is 758. The smallest absolute Gasteiger partial charge is 0.227 e. The number of rotatable bonds is 5. The molecular weight excluding hydrogens is 334 g/mol. The number of pyridine rings is 1.